The first-order valence-corrected chi connectivity index (χ1v) is 25.6. The number of carbonyl (C=O) groups is 4. The molecule has 66 heavy (non-hydrogen) atoms. The van der Waals surface area contributed by atoms with Crippen LogP contribution in [-0.2, 0) is 38.1 Å². The maximum atomic E-state index is 12.8. The fourth-order valence-corrected chi connectivity index (χ4v) is 8.71. The average Bonchev–Trinajstić information content (AvgIpc) is 3.30. The lowest BCUT2D eigenvalue weighted by Crippen LogP contribution is -2.46. The van der Waals surface area contributed by atoms with Crippen molar-refractivity contribution in [2.24, 2.45) is 11.8 Å². The van der Waals surface area contributed by atoms with E-state index in [1.165, 1.54) is 33.4 Å². The molecule has 372 valence electrons. The fourth-order valence-electron chi connectivity index (χ4n) is 8.71. The summed E-state index contributed by atoms with van der Waals surface area (Å²) in [5.74, 6) is -1.48. The molecule has 1 saturated heterocycles. The van der Waals surface area contributed by atoms with Gasteiger partial charge in [0.05, 0.1) is 24.7 Å². The molecular formula is C55H89N3O8. The molecule has 3 rings (SSSR count). The quantitative estimate of drug-likeness (QED) is 0.0286. The molecule has 11 heteroatoms. The highest BCUT2D eigenvalue weighted by Crippen LogP contribution is 2.29. The van der Waals surface area contributed by atoms with Crippen LogP contribution < -0.4 is 0 Å². The molecule has 0 aromatic rings. The van der Waals surface area contributed by atoms with Gasteiger partial charge in [0.2, 0.25) is 0 Å². The van der Waals surface area contributed by atoms with Gasteiger partial charge in [-0.2, -0.15) is 0 Å². The number of piperazine rings is 1. The molecule has 0 amide bonds. The maximum absolute atomic E-state index is 12.8. The van der Waals surface area contributed by atoms with Gasteiger partial charge in [-0.3, -0.25) is 19.2 Å². The zero-order chi connectivity index (χ0) is 47.9. The molecule has 3 aliphatic rings. The number of rotatable bonds is 31. The van der Waals surface area contributed by atoms with E-state index in [2.05, 4.69) is 99.6 Å². The van der Waals surface area contributed by atoms with E-state index in [0.29, 0.717) is 25.9 Å². The minimum atomic E-state index is -0.360. The molecule has 0 spiro atoms. The first-order valence-electron chi connectivity index (χ1n) is 25.6. The maximum Gasteiger partial charge on any atom is 0.309 e. The van der Waals surface area contributed by atoms with Crippen molar-refractivity contribution in [2.45, 2.75) is 158 Å². The van der Waals surface area contributed by atoms with E-state index in [0.717, 1.165) is 129 Å². The lowest BCUT2D eigenvalue weighted by atomic mass is 9.87. The average molecular weight is 920 g/mol. The molecule has 0 N–H and O–H groups in total. The molecule has 1 heterocycles. The van der Waals surface area contributed by atoms with E-state index >= 15 is 0 Å². The second-order valence-electron chi connectivity index (χ2n) is 19.2. The minimum Gasteiger partial charge on any atom is -0.462 e. The zero-order valence-electron chi connectivity index (χ0n) is 42.4. The Morgan fingerprint density at radius 2 is 1.02 bits per heavy atom. The van der Waals surface area contributed by atoms with Crippen LogP contribution in [-0.4, -0.2) is 124 Å². The summed E-state index contributed by atoms with van der Waals surface area (Å²) >= 11 is 0. The van der Waals surface area contributed by atoms with Gasteiger partial charge in [0.25, 0.3) is 0 Å². The topological polar surface area (TPSA) is 115 Å². The summed E-state index contributed by atoms with van der Waals surface area (Å²) < 4.78 is 21.9. The van der Waals surface area contributed by atoms with Crippen LogP contribution in [0.1, 0.15) is 158 Å². The van der Waals surface area contributed by atoms with Crippen LogP contribution in [0.15, 0.2) is 69.9 Å². The van der Waals surface area contributed by atoms with Gasteiger partial charge in [-0.25, -0.2) is 0 Å². The molecule has 0 saturated carbocycles. The Balaban J connectivity index is 1.32. The largest absolute Gasteiger partial charge is 0.462 e. The van der Waals surface area contributed by atoms with Crippen LogP contribution in [0.4, 0.5) is 0 Å². The number of carbonyl (C=O) groups excluding carboxylic acids is 4. The number of likely N-dealkylation sites (N-methyl/N-ethyl adjacent to an activating group) is 1. The van der Waals surface area contributed by atoms with Gasteiger partial charge in [-0.15, -0.1) is 0 Å². The van der Waals surface area contributed by atoms with Crippen molar-refractivity contribution < 1.29 is 38.1 Å². The third-order valence-corrected chi connectivity index (χ3v) is 13.1. The highest BCUT2D eigenvalue weighted by Gasteiger charge is 2.24. The van der Waals surface area contributed by atoms with Crippen molar-refractivity contribution in [3.05, 3.63) is 69.9 Å². The number of nitrogens with zero attached hydrogens (tertiary/aromatic N) is 3. The van der Waals surface area contributed by atoms with Gasteiger partial charge in [0, 0.05) is 39.3 Å². The second-order valence-corrected chi connectivity index (χ2v) is 19.2. The third kappa shape index (κ3) is 25.9. The molecule has 2 aliphatic carbocycles. The van der Waals surface area contributed by atoms with Crippen molar-refractivity contribution in [3.8, 4) is 0 Å². The van der Waals surface area contributed by atoms with Gasteiger partial charge in [0.1, 0.15) is 26.4 Å². The molecular weight excluding hydrogens is 831 g/mol. The Kier molecular flexibility index (Phi) is 28.8. The van der Waals surface area contributed by atoms with Crippen molar-refractivity contribution in [3.63, 3.8) is 0 Å². The van der Waals surface area contributed by atoms with E-state index in [4.69, 9.17) is 18.9 Å². The van der Waals surface area contributed by atoms with E-state index in [1.54, 1.807) is 0 Å². The second kappa shape index (κ2) is 33.6. The number of ether oxygens (including phenoxy) is 4. The van der Waals surface area contributed by atoms with E-state index in [-0.39, 0.29) is 75.0 Å². The Bertz CT molecular complexity index is 1550. The van der Waals surface area contributed by atoms with Crippen LogP contribution in [0.5, 0.6) is 0 Å². The lowest BCUT2D eigenvalue weighted by Gasteiger charge is -2.34. The SMILES string of the molecule is CCN1CCN(CCCN(CCC(=O)OCCOC(=O)C2CC=C(CC/C=C(\C)CCC=C(C)C)CC2)CCC(=O)OCCOC(=O)C2CC=C(CC/C=C(\C)CCC=C(C)C)CC2)CC1. The van der Waals surface area contributed by atoms with Crippen LogP contribution in [0.2, 0.25) is 0 Å². The van der Waals surface area contributed by atoms with Crippen LogP contribution in [0.3, 0.4) is 0 Å². The predicted octanol–water partition coefficient (Wildman–Crippen LogP) is 10.7. The summed E-state index contributed by atoms with van der Waals surface area (Å²) in [6.45, 7) is 23.2. The molecule has 0 radical (unpaired) electrons. The molecule has 0 aromatic carbocycles. The summed E-state index contributed by atoms with van der Waals surface area (Å²) in [5.41, 5.74) is 8.41. The lowest BCUT2D eigenvalue weighted by molar-refractivity contribution is -0.155. The van der Waals surface area contributed by atoms with Crippen molar-refractivity contribution >= 4 is 23.9 Å². The Morgan fingerprint density at radius 3 is 1.42 bits per heavy atom. The Labute approximate surface area is 400 Å². The van der Waals surface area contributed by atoms with Gasteiger partial charge < -0.3 is 33.6 Å². The number of esters is 4. The van der Waals surface area contributed by atoms with Gasteiger partial charge >= 0.3 is 23.9 Å². The highest BCUT2D eigenvalue weighted by molar-refractivity contribution is 5.73. The van der Waals surface area contributed by atoms with Gasteiger partial charge in [-0.05, 0) is 157 Å². The third-order valence-electron chi connectivity index (χ3n) is 13.1. The van der Waals surface area contributed by atoms with Gasteiger partial charge in [-0.1, -0.05) is 76.8 Å². The van der Waals surface area contributed by atoms with E-state index < -0.39 is 0 Å². The summed E-state index contributed by atoms with van der Waals surface area (Å²) in [4.78, 5) is 58.1. The molecule has 1 aliphatic heterocycles. The Morgan fingerprint density at radius 1 is 0.576 bits per heavy atom. The Hall–Kier alpha value is -3.80. The summed E-state index contributed by atoms with van der Waals surface area (Å²) in [7, 11) is 0. The number of hydrogen-bond acceptors (Lipinski definition) is 11. The summed E-state index contributed by atoms with van der Waals surface area (Å²) in [5, 5.41) is 0. The predicted molar refractivity (Wildman–Crippen MR) is 267 cm³/mol. The molecule has 0 bridgehead atoms. The number of allylic oxidation sites excluding steroid dienone is 12. The summed E-state index contributed by atoms with van der Waals surface area (Å²) in [6.07, 6.45) is 28.2. The standard InChI is InChI=1S/C55H89N3O8/c1-8-56-36-38-58(39-37-56)33-13-32-57(34-30-52(59)63-40-42-65-54(61)50-26-22-48(23-27-50)20-11-18-46(6)16-9-14-44(2)3)35-31-53(60)64-41-43-66-55(62)51-28-24-49(25-29-51)21-12-19-47(7)17-10-15-45(4)5/h14-15,18-19,22,24,50-51H,8-13,16-17,20-21,23,25-43H2,1-7H3/b46-18+,47-19+. The fraction of sp³-hybridized carbons (Fsp3) is 0.709. The molecule has 2 atom stereocenters. The van der Waals surface area contributed by atoms with Crippen molar-refractivity contribution in [1.29, 1.82) is 0 Å². The molecule has 1 fully saturated rings. The van der Waals surface area contributed by atoms with Crippen LogP contribution in [0.25, 0.3) is 0 Å². The van der Waals surface area contributed by atoms with Gasteiger partial charge in [0.15, 0.2) is 0 Å². The highest BCUT2D eigenvalue weighted by atomic mass is 16.6. The molecule has 11 nitrogen and oxygen atoms in total. The smallest absolute Gasteiger partial charge is 0.309 e. The summed E-state index contributed by atoms with van der Waals surface area (Å²) in [6, 6.07) is 0. The number of hydrogen-bond donors (Lipinski definition) is 0. The van der Waals surface area contributed by atoms with E-state index in [9.17, 15) is 19.2 Å². The first kappa shape index (κ1) is 56.5. The first-order chi connectivity index (χ1) is 31.8. The van der Waals surface area contributed by atoms with Crippen LogP contribution in [0, 0.1) is 11.8 Å². The minimum absolute atomic E-state index is 0.0198. The molecule has 0 aromatic heterocycles. The monoisotopic (exact) mass is 920 g/mol. The van der Waals surface area contributed by atoms with Crippen molar-refractivity contribution in [1.82, 2.24) is 14.7 Å². The normalized spacial score (nSPS) is 18.5. The van der Waals surface area contributed by atoms with E-state index in [1.807, 2.05) is 0 Å². The molecule has 2 unspecified atom stereocenters. The zero-order valence-corrected chi connectivity index (χ0v) is 42.4. The van der Waals surface area contributed by atoms with Crippen LogP contribution >= 0.6 is 0 Å². The van der Waals surface area contributed by atoms with Crippen molar-refractivity contribution in [2.75, 3.05) is 85.3 Å².